The van der Waals surface area contributed by atoms with Gasteiger partial charge in [-0.05, 0) is 5.92 Å². The minimum Gasteiger partial charge on any atom is -0.172 e. The molecular formula is C6H13F3. The van der Waals surface area contributed by atoms with E-state index in [9.17, 15) is 13.2 Å². The fraction of sp³-hybridized carbons (Fsp3) is 1.00. The van der Waals surface area contributed by atoms with Crippen LogP contribution >= 0.6 is 0 Å². The monoisotopic (exact) mass is 142 g/mol. The molecule has 0 radical (unpaired) electrons. The standard InChI is InChI=1S/C4H10.C2H3F3/c1-4(2)3;1-2(3,4)5/h4H,1-3H3;1H3. The fourth-order valence-electron chi connectivity index (χ4n) is 0. The van der Waals surface area contributed by atoms with Crippen LogP contribution in [0.5, 0.6) is 0 Å². The fourth-order valence-corrected chi connectivity index (χ4v) is 0. The predicted molar refractivity (Wildman–Crippen MR) is 32.2 cm³/mol. The first-order valence-corrected chi connectivity index (χ1v) is 2.80. The van der Waals surface area contributed by atoms with Crippen LogP contribution in [0.15, 0.2) is 0 Å². The number of hydrogen-bond acceptors (Lipinski definition) is 0. The smallest absolute Gasteiger partial charge is 0.172 e. The highest BCUT2D eigenvalue weighted by Gasteiger charge is 2.15. The van der Waals surface area contributed by atoms with Crippen molar-refractivity contribution in [2.24, 2.45) is 5.92 Å². The first-order chi connectivity index (χ1) is 3.73. The molecule has 0 atom stereocenters. The zero-order chi connectivity index (χ0) is 8.08. The van der Waals surface area contributed by atoms with Gasteiger partial charge in [0.2, 0.25) is 0 Å². The Morgan fingerprint density at radius 3 is 1.00 bits per heavy atom. The first-order valence-electron chi connectivity index (χ1n) is 2.80. The van der Waals surface area contributed by atoms with Crippen molar-refractivity contribution in [3.63, 3.8) is 0 Å². The Kier molecular flexibility index (Phi) is 5.98. The second-order valence-corrected chi connectivity index (χ2v) is 2.51. The Hall–Kier alpha value is -0.210. The Morgan fingerprint density at radius 2 is 1.00 bits per heavy atom. The van der Waals surface area contributed by atoms with Gasteiger partial charge in [-0.1, -0.05) is 20.8 Å². The van der Waals surface area contributed by atoms with Crippen molar-refractivity contribution >= 4 is 0 Å². The molecule has 0 aliphatic rings. The minimum atomic E-state index is -4.00. The molecule has 0 fully saturated rings. The van der Waals surface area contributed by atoms with Gasteiger partial charge in [-0.15, -0.1) is 0 Å². The van der Waals surface area contributed by atoms with Crippen LogP contribution in [0.1, 0.15) is 27.7 Å². The van der Waals surface area contributed by atoms with Crippen molar-refractivity contribution in [2.45, 2.75) is 33.9 Å². The minimum absolute atomic E-state index is 0.188. The van der Waals surface area contributed by atoms with E-state index < -0.39 is 6.18 Å². The van der Waals surface area contributed by atoms with Gasteiger partial charge >= 0.3 is 6.18 Å². The number of hydrogen-bond donors (Lipinski definition) is 0. The lowest BCUT2D eigenvalue weighted by molar-refractivity contribution is -0.110. The van der Waals surface area contributed by atoms with Crippen LogP contribution in [0.25, 0.3) is 0 Å². The maximum atomic E-state index is 10.4. The van der Waals surface area contributed by atoms with E-state index in [1.54, 1.807) is 0 Å². The SMILES string of the molecule is CC(C)C.CC(F)(F)F. The first kappa shape index (κ1) is 11.6. The Bertz CT molecular complexity index is 45.1. The number of alkyl halides is 3. The van der Waals surface area contributed by atoms with Gasteiger partial charge in [-0.3, -0.25) is 0 Å². The van der Waals surface area contributed by atoms with Crippen molar-refractivity contribution in [1.29, 1.82) is 0 Å². The molecule has 0 unspecified atom stereocenters. The van der Waals surface area contributed by atoms with Crippen LogP contribution in [0.2, 0.25) is 0 Å². The zero-order valence-electron chi connectivity index (χ0n) is 6.21. The molecule has 0 aliphatic heterocycles. The van der Waals surface area contributed by atoms with E-state index >= 15 is 0 Å². The van der Waals surface area contributed by atoms with E-state index in [2.05, 4.69) is 20.8 Å². The summed E-state index contributed by atoms with van der Waals surface area (Å²) in [6.07, 6.45) is -4.00. The van der Waals surface area contributed by atoms with Crippen LogP contribution in [-0.2, 0) is 0 Å². The lowest BCUT2D eigenvalue weighted by Gasteiger charge is -1.88. The normalized spacial score (nSPS) is 10.7. The zero-order valence-corrected chi connectivity index (χ0v) is 6.21. The van der Waals surface area contributed by atoms with Crippen molar-refractivity contribution < 1.29 is 13.2 Å². The quantitative estimate of drug-likeness (QED) is 0.487. The topological polar surface area (TPSA) is 0 Å². The maximum Gasteiger partial charge on any atom is 0.386 e. The van der Waals surface area contributed by atoms with E-state index in [-0.39, 0.29) is 6.92 Å². The highest BCUT2D eigenvalue weighted by atomic mass is 19.4. The van der Waals surface area contributed by atoms with Gasteiger partial charge in [0.1, 0.15) is 0 Å². The molecule has 0 amide bonds. The highest BCUT2D eigenvalue weighted by Crippen LogP contribution is 2.10. The average molecular weight is 142 g/mol. The Labute approximate surface area is 54.1 Å². The van der Waals surface area contributed by atoms with Crippen molar-refractivity contribution in [1.82, 2.24) is 0 Å². The molecule has 0 aromatic heterocycles. The summed E-state index contributed by atoms with van der Waals surface area (Å²) in [6.45, 7) is 6.69. The molecule has 58 valence electrons. The van der Waals surface area contributed by atoms with Crippen LogP contribution in [-0.4, -0.2) is 6.18 Å². The largest absolute Gasteiger partial charge is 0.386 e. The average Bonchev–Trinajstić information content (AvgIpc) is 1.19. The second-order valence-electron chi connectivity index (χ2n) is 2.51. The molecule has 3 heteroatoms. The Balaban J connectivity index is 0. The third kappa shape index (κ3) is 5920. The molecule has 0 saturated carbocycles. The van der Waals surface area contributed by atoms with Gasteiger partial charge < -0.3 is 0 Å². The van der Waals surface area contributed by atoms with Gasteiger partial charge in [-0.2, -0.15) is 13.2 Å². The highest BCUT2D eigenvalue weighted by molar-refractivity contribution is 4.26. The second kappa shape index (κ2) is 4.65. The molecule has 0 aromatic rings. The number of rotatable bonds is 0. The summed E-state index contributed by atoms with van der Waals surface area (Å²) in [7, 11) is 0. The summed E-state index contributed by atoms with van der Waals surface area (Å²) in [6, 6.07) is 0. The van der Waals surface area contributed by atoms with Gasteiger partial charge in [0.15, 0.2) is 0 Å². The van der Waals surface area contributed by atoms with Gasteiger partial charge in [0.05, 0.1) is 0 Å². The molecule has 0 heterocycles. The van der Waals surface area contributed by atoms with Crippen LogP contribution < -0.4 is 0 Å². The van der Waals surface area contributed by atoms with Gasteiger partial charge in [-0.25, -0.2) is 0 Å². The lowest BCUT2D eigenvalue weighted by atomic mass is 10.3. The summed E-state index contributed by atoms with van der Waals surface area (Å²) in [4.78, 5) is 0. The predicted octanol–water partition coefficient (Wildman–Crippen LogP) is 3.23. The summed E-state index contributed by atoms with van der Waals surface area (Å²) in [5.74, 6) is 0.833. The van der Waals surface area contributed by atoms with Gasteiger partial charge in [0, 0.05) is 6.92 Å². The lowest BCUT2D eigenvalue weighted by Crippen LogP contribution is -1.95. The molecule has 0 spiro atoms. The van der Waals surface area contributed by atoms with E-state index in [4.69, 9.17) is 0 Å². The van der Waals surface area contributed by atoms with Crippen molar-refractivity contribution in [3.05, 3.63) is 0 Å². The summed E-state index contributed by atoms with van der Waals surface area (Å²) in [5.41, 5.74) is 0. The van der Waals surface area contributed by atoms with Crippen LogP contribution in [0.4, 0.5) is 13.2 Å². The van der Waals surface area contributed by atoms with E-state index in [1.165, 1.54) is 0 Å². The molecule has 0 saturated heterocycles. The molecule has 0 rings (SSSR count). The summed E-state index contributed by atoms with van der Waals surface area (Å²) in [5, 5.41) is 0. The molecule has 0 bridgehead atoms. The van der Waals surface area contributed by atoms with Crippen LogP contribution in [0, 0.1) is 5.92 Å². The molecule has 0 aromatic carbocycles. The maximum absolute atomic E-state index is 10.4. The van der Waals surface area contributed by atoms with E-state index in [0.29, 0.717) is 0 Å². The van der Waals surface area contributed by atoms with E-state index in [1.807, 2.05) is 0 Å². The third-order valence-electron chi connectivity index (χ3n) is 0. The Morgan fingerprint density at radius 1 is 1.00 bits per heavy atom. The molecular weight excluding hydrogens is 129 g/mol. The molecule has 9 heavy (non-hydrogen) atoms. The molecule has 0 N–H and O–H groups in total. The van der Waals surface area contributed by atoms with Crippen LogP contribution in [0.3, 0.4) is 0 Å². The summed E-state index contributed by atoms with van der Waals surface area (Å²) < 4.78 is 31.1. The van der Waals surface area contributed by atoms with E-state index in [0.717, 1.165) is 5.92 Å². The third-order valence-corrected chi connectivity index (χ3v) is 0. The number of halogens is 3. The molecule has 0 aliphatic carbocycles. The van der Waals surface area contributed by atoms with Gasteiger partial charge in [0.25, 0.3) is 0 Å². The molecule has 0 nitrogen and oxygen atoms in total. The van der Waals surface area contributed by atoms with Crippen molar-refractivity contribution in [2.75, 3.05) is 0 Å². The summed E-state index contributed by atoms with van der Waals surface area (Å²) >= 11 is 0. The van der Waals surface area contributed by atoms with Crippen molar-refractivity contribution in [3.8, 4) is 0 Å².